The van der Waals surface area contributed by atoms with E-state index in [1.165, 1.54) is 12.4 Å². The van der Waals surface area contributed by atoms with Gasteiger partial charge in [0.2, 0.25) is 5.88 Å². The Bertz CT molecular complexity index is 2030. The van der Waals surface area contributed by atoms with E-state index >= 15 is 0 Å². The number of amidine groups is 1. The molecule has 1 atom stereocenters. The Morgan fingerprint density at radius 3 is 2.61 bits per heavy atom. The molecule has 3 heterocycles. The number of hydrogen-bond donors (Lipinski definition) is 4. The summed E-state index contributed by atoms with van der Waals surface area (Å²) in [5.41, 5.74) is 13.9. The number of aryl methyl sites for hydroxylation is 2. The Labute approximate surface area is 262 Å². The summed E-state index contributed by atoms with van der Waals surface area (Å²) in [5, 5.41) is 5.90. The smallest absolute Gasteiger partial charge is 0.270 e. The number of nitrogens with zero attached hydrogens (tertiary/aromatic N) is 4. The molecule has 232 valence electrons. The number of nitrogens with one attached hydrogen (secondary N) is 3. The highest BCUT2D eigenvalue weighted by Gasteiger charge is 2.28. The maximum absolute atomic E-state index is 13.2. The number of carbonyl (C=O) groups excluding carboxylic acids is 2. The number of hydrogen-bond acceptors (Lipinski definition) is 11. The van der Waals surface area contributed by atoms with E-state index in [1.807, 2.05) is 41.3 Å². The second kappa shape index (κ2) is 11.6. The molecule has 0 unspecified atom stereocenters. The predicted molar refractivity (Wildman–Crippen MR) is 170 cm³/mol. The molecule has 13 heteroatoms. The SMILES string of the molecule is C=C1N=C(c2ccc3c(c2)CC[C@@H]3NC(=O)c2cc(C(=O)NCc3ccc4c(c3)CN(c3c(N)c(=O)c3=O)CCC4)ncn2)NO1. The number of aromatic nitrogens is 2. The van der Waals surface area contributed by atoms with Crippen LogP contribution in [-0.2, 0) is 30.8 Å². The summed E-state index contributed by atoms with van der Waals surface area (Å²) in [6.07, 6.45) is 4.36. The van der Waals surface area contributed by atoms with E-state index in [0.717, 1.165) is 59.1 Å². The highest BCUT2D eigenvalue weighted by atomic mass is 16.7. The zero-order valence-corrected chi connectivity index (χ0v) is 24.8. The summed E-state index contributed by atoms with van der Waals surface area (Å²) in [6, 6.07) is 13.0. The Hall–Kier alpha value is -5.85. The van der Waals surface area contributed by atoms with Crippen molar-refractivity contribution in [1.82, 2.24) is 26.1 Å². The van der Waals surface area contributed by atoms with Gasteiger partial charge in [0.05, 0.1) is 6.04 Å². The number of rotatable bonds is 7. The molecule has 2 aliphatic heterocycles. The third kappa shape index (κ3) is 5.36. The van der Waals surface area contributed by atoms with Gasteiger partial charge in [-0.05, 0) is 66.1 Å². The second-order valence-corrected chi connectivity index (χ2v) is 11.6. The van der Waals surface area contributed by atoms with Gasteiger partial charge in [-0.25, -0.2) is 15.4 Å². The number of nitrogen functional groups attached to an aromatic ring is 1. The highest BCUT2D eigenvalue weighted by molar-refractivity contribution is 6.00. The molecule has 3 aromatic carbocycles. The minimum atomic E-state index is -0.629. The molecule has 46 heavy (non-hydrogen) atoms. The summed E-state index contributed by atoms with van der Waals surface area (Å²) in [4.78, 5) is 69.4. The number of benzene rings is 2. The van der Waals surface area contributed by atoms with Gasteiger partial charge in [0, 0.05) is 31.3 Å². The Morgan fingerprint density at radius 2 is 1.83 bits per heavy atom. The van der Waals surface area contributed by atoms with Gasteiger partial charge >= 0.3 is 0 Å². The molecular weight excluding hydrogens is 588 g/mol. The average molecular weight is 619 g/mol. The first kappa shape index (κ1) is 28.9. The molecule has 2 amide bonds. The van der Waals surface area contributed by atoms with Gasteiger partial charge in [-0.2, -0.15) is 4.99 Å². The maximum Gasteiger partial charge on any atom is 0.270 e. The number of anilines is 2. The summed E-state index contributed by atoms with van der Waals surface area (Å²) < 4.78 is 0. The minimum Gasteiger partial charge on any atom is -0.394 e. The number of aliphatic imine (C=N–C) groups is 1. The largest absolute Gasteiger partial charge is 0.394 e. The summed E-state index contributed by atoms with van der Waals surface area (Å²) in [5.74, 6) is 0.0401. The minimum absolute atomic E-state index is 0.0210. The van der Waals surface area contributed by atoms with Crippen molar-refractivity contribution in [2.24, 2.45) is 4.99 Å². The van der Waals surface area contributed by atoms with Gasteiger partial charge in [-0.15, -0.1) is 0 Å². The van der Waals surface area contributed by atoms with Crippen molar-refractivity contribution >= 4 is 29.0 Å². The highest BCUT2D eigenvalue weighted by Crippen LogP contribution is 2.32. The van der Waals surface area contributed by atoms with E-state index in [2.05, 4.69) is 37.7 Å². The predicted octanol–water partition coefficient (Wildman–Crippen LogP) is 1.71. The molecule has 13 nitrogen and oxygen atoms in total. The summed E-state index contributed by atoms with van der Waals surface area (Å²) >= 11 is 0. The molecule has 0 radical (unpaired) electrons. The molecule has 7 rings (SSSR count). The quantitative estimate of drug-likeness (QED) is 0.223. The lowest BCUT2D eigenvalue weighted by Crippen LogP contribution is -2.42. The summed E-state index contributed by atoms with van der Waals surface area (Å²) in [7, 11) is 0. The van der Waals surface area contributed by atoms with Crippen molar-refractivity contribution in [2.45, 2.75) is 44.8 Å². The number of fused-ring (bicyclic) bond motifs is 2. The van der Waals surface area contributed by atoms with Crippen LogP contribution in [0.4, 0.5) is 11.4 Å². The molecule has 3 aliphatic rings. The molecule has 1 aliphatic carbocycles. The van der Waals surface area contributed by atoms with Crippen LogP contribution in [0.25, 0.3) is 0 Å². The van der Waals surface area contributed by atoms with E-state index in [1.54, 1.807) is 0 Å². The van der Waals surface area contributed by atoms with Crippen LogP contribution in [0.1, 0.15) is 73.2 Å². The number of amides is 2. The fraction of sp³-hybridized carbons (Fsp3) is 0.242. The van der Waals surface area contributed by atoms with Crippen LogP contribution in [0, 0.1) is 0 Å². The Kier molecular flexibility index (Phi) is 7.27. The van der Waals surface area contributed by atoms with Gasteiger partial charge in [-0.1, -0.05) is 30.3 Å². The topological polar surface area (TPSA) is 181 Å². The van der Waals surface area contributed by atoms with Crippen molar-refractivity contribution in [2.75, 3.05) is 17.2 Å². The lowest BCUT2D eigenvalue weighted by atomic mass is 10.0. The molecule has 0 saturated carbocycles. The fourth-order valence-electron chi connectivity index (χ4n) is 6.25. The average Bonchev–Trinajstić information content (AvgIpc) is 3.63. The first-order valence-electron chi connectivity index (χ1n) is 14.9. The molecular formula is C33H30N8O5. The third-order valence-corrected chi connectivity index (χ3v) is 8.63. The molecule has 0 spiro atoms. The van der Waals surface area contributed by atoms with Crippen LogP contribution in [0.2, 0.25) is 0 Å². The molecule has 0 saturated heterocycles. The third-order valence-electron chi connectivity index (χ3n) is 8.63. The van der Waals surface area contributed by atoms with Crippen LogP contribution >= 0.6 is 0 Å². The Morgan fingerprint density at radius 1 is 1.00 bits per heavy atom. The number of hydroxylamine groups is 1. The molecule has 1 aromatic heterocycles. The Balaban J connectivity index is 0.987. The van der Waals surface area contributed by atoms with Crippen molar-refractivity contribution in [3.63, 3.8) is 0 Å². The van der Waals surface area contributed by atoms with E-state index in [0.29, 0.717) is 30.5 Å². The van der Waals surface area contributed by atoms with Crippen LogP contribution in [-0.4, -0.2) is 34.2 Å². The number of nitrogens with two attached hydrogens (primary N) is 1. The van der Waals surface area contributed by atoms with Gasteiger partial charge in [0.15, 0.2) is 5.84 Å². The van der Waals surface area contributed by atoms with E-state index in [-0.39, 0.29) is 29.7 Å². The number of carbonyl (C=O) groups is 2. The molecule has 0 fully saturated rings. The van der Waals surface area contributed by atoms with Crippen molar-refractivity contribution in [3.8, 4) is 0 Å². The van der Waals surface area contributed by atoms with Gasteiger partial charge < -0.3 is 26.1 Å². The van der Waals surface area contributed by atoms with Crippen LogP contribution < -0.4 is 37.6 Å². The first-order chi connectivity index (χ1) is 22.2. The fourth-order valence-corrected chi connectivity index (χ4v) is 6.25. The summed E-state index contributed by atoms with van der Waals surface area (Å²) in [6.45, 7) is 4.96. The standard InChI is InChI=1S/C33H30N8O5/c1-17-38-31(40-46-17)21-6-8-23-20(12-21)7-9-24(23)39-33(45)26-13-25(36-16-37-26)32(44)35-14-18-4-5-19-3-2-10-41(15-22(19)11-18)28-27(34)29(42)30(28)43/h4-6,8,11-13,16,24H,1-3,7,9-10,14-15,34H2,(H,35,44)(H,38,40)(H,39,45)/t24-/m0/s1. The van der Waals surface area contributed by atoms with Gasteiger partial charge in [0.25, 0.3) is 22.7 Å². The zero-order valence-electron chi connectivity index (χ0n) is 24.8. The van der Waals surface area contributed by atoms with Crippen molar-refractivity contribution in [3.05, 3.63) is 126 Å². The lowest BCUT2D eigenvalue weighted by Gasteiger charge is -2.25. The van der Waals surface area contributed by atoms with Crippen molar-refractivity contribution < 1.29 is 14.4 Å². The monoisotopic (exact) mass is 618 g/mol. The maximum atomic E-state index is 13.2. The van der Waals surface area contributed by atoms with E-state index in [4.69, 9.17) is 10.6 Å². The van der Waals surface area contributed by atoms with E-state index < -0.39 is 22.7 Å². The first-order valence-corrected chi connectivity index (χ1v) is 14.9. The van der Waals surface area contributed by atoms with Crippen molar-refractivity contribution in [1.29, 1.82) is 0 Å². The zero-order chi connectivity index (χ0) is 31.9. The lowest BCUT2D eigenvalue weighted by molar-refractivity contribution is 0.0931. The molecule has 4 aromatic rings. The van der Waals surface area contributed by atoms with Crippen LogP contribution in [0.15, 0.2) is 75.8 Å². The van der Waals surface area contributed by atoms with Gasteiger partial charge in [-0.3, -0.25) is 19.2 Å². The normalized spacial score (nSPS) is 17.0. The van der Waals surface area contributed by atoms with E-state index in [9.17, 15) is 19.2 Å². The molecule has 0 bridgehead atoms. The van der Waals surface area contributed by atoms with Crippen LogP contribution in [0.5, 0.6) is 0 Å². The van der Waals surface area contributed by atoms with Gasteiger partial charge in [0.1, 0.15) is 29.1 Å². The second-order valence-electron chi connectivity index (χ2n) is 11.6. The van der Waals surface area contributed by atoms with Crippen LogP contribution in [0.3, 0.4) is 0 Å². The molecule has 5 N–H and O–H groups in total.